The Hall–Kier alpha value is -3.68. The lowest BCUT2D eigenvalue weighted by Crippen LogP contribution is -2.25. The number of hydrogen-bond donors (Lipinski definition) is 1. The van der Waals surface area contributed by atoms with Crippen LogP contribution in [0.3, 0.4) is 0 Å². The molecule has 0 aliphatic carbocycles. The average Bonchev–Trinajstić information content (AvgIpc) is 2.85. The molecule has 0 unspecified atom stereocenters. The van der Waals surface area contributed by atoms with Crippen LogP contribution in [0, 0.1) is 0 Å². The van der Waals surface area contributed by atoms with Gasteiger partial charge in [0.1, 0.15) is 0 Å². The van der Waals surface area contributed by atoms with Crippen LogP contribution in [-0.2, 0) is 4.79 Å². The molecular formula is C28H25N2OP. The van der Waals surface area contributed by atoms with Gasteiger partial charge in [0.15, 0.2) is 0 Å². The molecule has 0 fully saturated rings. The molecule has 0 aliphatic heterocycles. The molecule has 0 heterocycles. The number of rotatable bonds is 6. The summed E-state index contributed by atoms with van der Waals surface area (Å²) in [6, 6.07) is 39.1. The summed E-state index contributed by atoms with van der Waals surface area (Å²) in [6.45, 7) is 1.83. The van der Waals surface area contributed by atoms with Gasteiger partial charge in [0.2, 0.25) is 5.91 Å². The molecular weight excluding hydrogens is 411 g/mol. The number of nitrogens with one attached hydrogen (secondary N) is 1. The van der Waals surface area contributed by atoms with Crippen molar-refractivity contribution in [2.45, 2.75) is 6.92 Å². The maximum Gasteiger partial charge on any atom is 0.248 e. The van der Waals surface area contributed by atoms with Crippen molar-refractivity contribution in [2.24, 2.45) is 4.74 Å². The first-order valence-corrected chi connectivity index (χ1v) is 12.3. The van der Waals surface area contributed by atoms with Gasteiger partial charge in [0.25, 0.3) is 0 Å². The van der Waals surface area contributed by atoms with Gasteiger partial charge < -0.3 is 5.32 Å². The van der Waals surface area contributed by atoms with Crippen molar-refractivity contribution in [3.8, 4) is 0 Å². The summed E-state index contributed by atoms with van der Waals surface area (Å²) in [7, 11) is -2.41. The van der Waals surface area contributed by atoms with Gasteiger partial charge >= 0.3 is 0 Å². The molecule has 4 heteroatoms. The summed E-state index contributed by atoms with van der Waals surface area (Å²) in [4.78, 5) is 12.3. The third-order valence-corrected chi connectivity index (χ3v) is 8.78. The van der Waals surface area contributed by atoms with Gasteiger partial charge in [-0.3, -0.25) is 9.54 Å². The Morgan fingerprint density at radius 2 is 1.12 bits per heavy atom. The topological polar surface area (TPSA) is 41.5 Å². The maximum atomic E-state index is 12.3. The predicted octanol–water partition coefficient (Wildman–Crippen LogP) is 6.01. The molecule has 0 aromatic heterocycles. The average molecular weight is 436 g/mol. The van der Waals surface area contributed by atoms with Gasteiger partial charge in [-0.25, -0.2) is 0 Å². The molecule has 0 bridgehead atoms. The number of amides is 1. The van der Waals surface area contributed by atoms with E-state index < -0.39 is 7.05 Å². The first-order valence-electron chi connectivity index (χ1n) is 10.6. The Kier molecular flexibility index (Phi) is 6.79. The molecule has 4 aromatic carbocycles. The number of allylic oxidation sites excluding steroid dienone is 1. The van der Waals surface area contributed by atoms with E-state index >= 15 is 0 Å². The summed E-state index contributed by atoms with van der Waals surface area (Å²) < 4.78 is 5.49. The minimum Gasteiger partial charge on any atom is -0.321 e. The molecule has 4 aromatic rings. The van der Waals surface area contributed by atoms with Crippen LogP contribution in [0.25, 0.3) is 0 Å². The zero-order valence-corrected chi connectivity index (χ0v) is 18.8. The molecule has 158 valence electrons. The smallest absolute Gasteiger partial charge is 0.248 e. The molecule has 1 amide bonds. The van der Waals surface area contributed by atoms with E-state index in [1.54, 1.807) is 6.08 Å². The van der Waals surface area contributed by atoms with E-state index in [0.717, 1.165) is 21.6 Å². The first kappa shape index (κ1) is 21.5. The minimum atomic E-state index is -2.41. The number of carbonyl (C=O) groups excluding carboxylic acids is 1. The third kappa shape index (κ3) is 4.49. The highest BCUT2D eigenvalue weighted by Gasteiger charge is 2.27. The molecule has 0 spiro atoms. The van der Waals surface area contributed by atoms with Crippen molar-refractivity contribution in [3.05, 3.63) is 127 Å². The van der Waals surface area contributed by atoms with E-state index in [4.69, 9.17) is 4.74 Å². The fraction of sp³-hybridized carbons (Fsp3) is 0.0357. The van der Waals surface area contributed by atoms with E-state index in [9.17, 15) is 4.79 Å². The first-order chi connectivity index (χ1) is 15.7. The van der Waals surface area contributed by atoms with Gasteiger partial charge in [-0.2, -0.15) is 0 Å². The van der Waals surface area contributed by atoms with Crippen molar-refractivity contribution in [3.63, 3.8) is 0 Å². The number of anilines is 1. The van der Waals surface area contributed by atoms with Crippen LogP contribution in [-0.4, -0.2) is 5.91 Å². The molecule has 0 saturated carbocycles. The van der Waals surface area contributed by atoms with Crippen LogP contribution in [0.4, 0.5) is 11.4 Å². The lowest BCUT2D eigenvalue weighted by molar-refractivity contribution is -0.111. The van der Waals surface area contributed by atoms with E-state index in [2.05, 4.69) is 78.1 Å². The van der Waals surface area contributed by atoms with E-state index in [1.807, 2.05) is 49.4 Å². The summed E-state index contributed by atoms with van der Waals surface area (Å²) in [5.41, 5.74) is 1.46. The third-order valence-electron chi connectivity index (χ3n) is 5.13. The maximum absolute atomic E-state index is 12.3. The van der Waals surface area contributed by atoms with Gasteiger partial charge in [0.05, 0.1) is 18.4 Å². The fourth-order valence-electron chi connectivity index (χ4n) is 3.71. The number of hydrogen-bond acceptors (Lipinski definition) is 2. The normalized spacial score (nSPS) is 11.3. The van der Waals surface area contributed by atoms with Gasteiger partial charge in [-0.1, -0.05) is 109 Å². The van der Waals surface area contributed by atoms with Crippen LogP contribution in [0.5, 0.6) is 0 Å². The lowest BCUT2D eigenvalue weighted by Gasteiger charge is -2.27. The van der Waals surface area contributed by atoms with Crippen LogP contribution < -0.4 is 21.2 Å². The largest absolute Gasteiger partial charge is 0.321 e. The quantitative estimate of drug-likeness (QED) is 0.292. The Balaban J connectivity index is 2.06. The zero-order chi connectivity index (χ0) is 22.2. The van der Waals surface area contributed by atoms with Crippen molar-refractivity contribution in [1.82, 2.24) is 0 Å². The molecule has 4 rings (SSSR count). The van der Waals surface area contributed by atoms with Crippen LogP contribution >= 0.6 is 7.05 Å². The molecule has 0 aliphatic rings. The van der Waals surface area contributed by atoms with Gasteiger partial charge in [-0.15, -0.1) is 0 Å². The Morgan fingerprint density at radius 3 is 1.59 bits per heavy atom. The second-order valence-electron chi connectivity index (χ2n) is 7.25. The van der Waals surface area contributed by atoms with Crippen LogP contribution in [0.2, 0.25) is 0 Å². The van der Waals surface area contributed by atoms with E-state index in [0.29, 0.717) is 5.69 Å². The SMILES string of the molecule is C/C=C/C(=O)Nc1ccccc1N=P(c1ccccc1)(c1ccccc1)c1ccccc1. The van der Waals surface area contributed by atoms with Crippen LogP contribution in [0.15, 0.2) is 132 Å². The molecule has 1 N–H and O–H groups in total. The number of carbonyl (C=O) groups is 1. The predicted molar refractivity (Wildman–Crippen MR) is 137 cm³/mol. The highest BCUT2D eigenvalue weighted by Crippen LogP contribution is 2.50. The molecule has 0 atom stereocenters. The lowest BCUT2D eigenvalue weighted by atomic mass is 10.2. The summed E-state index contributed by atoms with van der Waals surface area (Å²) in [5.74, 6) is -0.168. The highest BCUT2D eigenvalue weighted by molar-refractivity contribution is 7.87. The molecule has 3 nitrogen and oxygen atoms in total. The Morgan fingerprint density at radius 1 is 0.688 bits per heavy atom. The Labute approximate surface area is 189 Å². The summed E-state index contributed by atoms with van der Waals surface area (Å²) in [5, 5.41) is 6.46. The van der Waals surface area contributed by atoms with Crippen molar-refractivity contribution < 1.29 is 4.79 Å². The fourth-order valence-corrected chi connectivity index (χ4v) is 7.25. The van der Waals surface area contributed by atoms with Crippen molar-refractivity contribution >= 4 is 40.2 Å². The van der Waals surface area contributed by atoms with Crippen LogP contribution in [0.1, 0.15) is 6.92 Å². The number of nitrogens with zero attached hydrogens (tertiary/aromatic N) is 1. The molecule has 0 radical (unpaired) electrons. The van der Waals surface area contributed by atoms with E-state index in [-0.39, 0.29) is 5.91 Å². The zero-order valence-electron chi connectivity index (χ0n) is 17.9. The van der Waals surface area contributed by atoms with E-state index in [1.165, 1.54) is 6.08 Å². The summed E-state index contributed by atoms with van der Waals surface area (Å²) in [6.07, 6.45) is 3.25. The van der Waals surface area contributed by atoms with Gasteiger partial charge in [0, 0.05) is 15.9 Å². The molecule has 32 heavy (non-hydrogen) atoms. The second kappa shape index (κ2) is 10.1. The summed E-state index contributed by atoms with van der Waals surface area (Å²) >= 11 is 0. The molecule has 0 saturated heterocycles. The van der Waals surface area contributed by atoms with Crippen molar-refractivity contribution in [2.75, 3.05) is 5.32 Å². The number of para-hydroxylation sites is 1. The number of benzene rings is 4. The highest BCUT2D eigenvalue weighted by atomic mass is 31.2. The second-order valence-corrected chi connectivity index (χ2v) is 10.3. The van der Waals surface area contributed by atoms with Crippen molar-refractivity contribution in [1.29, 1.82) is 0 Å². The Bertz CT molecular complexity index is 1160. The minimum absolute atomic E-state index is 0.168. The standard InChI is InChI=1S/C28H25N2OP/c1-2-14-28(31)29-26-21-12-13-22-27(26)30-32(23-15-6-3-7-16-23,24-17-8-4-9-18-24)25-19-10-5-11-20-25/h2-22H,1H3,(H,29,31)/b14-2+. The monoisotopic (exact) mass is 436 g/mol. The van der Waals surface area contributed by atoms with Gasteiger partial charge in [-0.05, 0) is 25.1 Å².